The van der Waals surface area contributed by atoms with Gasteiger partial charge in [-0.25, -0.2) is 10.2 Å². The first-order chi connectivity index (χ1) is 13.9. The van der Waals surface area contributed by atoms with E-state index in [0.717, 1.165) is 12.3 Å². The number of likely N-dealkylation sites (tertiary alicyclic amines) is 1. The molecule has 3 atom stereocenters. The molecule has 1 amide bonds. The van der Waals surface area contributed by atoms with E-state index >= 15 is 0 Å². The fourth-order valence-corrected chi connectivity index (χ4v) is 8.62. The standard InChI is InChI=1S/C22H46N4O3Si/c1-11-30(12-2,13-3)18(5)25(10)20(15-24-23-9)28-19-14-17(4)26(16-19)21(27)29-22(6,7)8/h15,17-19,23-24H,11-14,16H2,1-10H3/b20-15+/t17-,18?,19+/m0/s1. The third-order valence-corrected chi connectivity index (χ3v) is 13.1. The smallest absolute Gasteiger partial charge is 0.410 e. The van der Waals surface area contributed by atoms with Gasteiger partial charge in [-0.3, -0.25) is 0 Å². The van der Waals surface area contributed by atoms with Crippen LogP contribution in [0.3, 0.4) is 0 Å². The molecule has 0 aliphatic carbocycles. The van der Waals surface area contributed by atoms with Crippen LogP contribution < -0.4 is 10.9 Å². The van der Waals surface area contributed by atoms with Crippen LogP contribution in [0, 0.1) is 0 Å². The number of hydrogen-bond acceptors (Lipinski definition) is 6. The van der Waals surface area contributed by atoms with Crippen LogP contribution in [0.2, 0.25) is 18.1 Å². The van der Waals surface area contributed by atoms with Crippen LogP contribution in [0.25, 0.3) is 0 Å². The minimum atomic E-state index is -1.44. The van der Waals surface area contributed by atoms with Crippen LogP contribution >= 0.6 is 0 Å². The number of nitrogens with zero attached hydrogens (tertiary/aromatic N) is 2. The zero-order valence-electron chi connectivity index (χ0n) is 21.0. The Balaban J connectivity index is 2.95. The molecule has 0 aromatic rings. The summed E-state index contributed by atoms with van der Waals surface area (Å²) in [6.07, 6.45) is 2.34. The average Bonchev–Trinajstić information content (AvgIpc) is 3.05. The Kier molecular flexibility index (Phi) is 10.0. The summed E-state index contributed by atoms with van der Waals surface area (Å²) in [4.78, 5) is 16.6. The van der Waals surface area contributed by atoms with Crippen LogP contribution in [0.15, 0.2) is 12.1 Å². The van der Waals surface area contributed by atoms with Crippen molar-refractivity contribution in [1.29, 1.82) is 0 Å². The van der Waals surface area contributed by atoms with E-state index < -0.39 is 13.7 Å². The van der Waals surface area contributed by atoms with Crippen molar-refractivity contribution in [3.8, 4) is 0 Å². The van der Waals surface area contributed by atoms with Gasteiger partial charge in [0, 0.05) is 32.2 Å². The second-order valence-corrected chi connectivity index (χ2v) is 15.2. The third kappa shape index (κ3) is 6.80. The summed E-state index contributed by atoms with van der Waals surface area (Å²) in [5.41, 5.74) is 5.97. The van der Waals surface area contributed by atoms with Crippen LogP contribution in [0.1, 0.15) is 61.8 Å². The minimum Gasteiger partial charge on any atom is -0.473 e. The molecule has 2 N–H and O–H groups in total. The highest BCUT2D eigenvalue weighted by Gasteiger charge is 2.39. The van der Waals surface area contributed by atoms with Crippen molar-refractivity contribution in [1.82, 2.24) is 20.7 Å². The lowest BCUT2D eigenvalue weighted by molar-refractivity contribution is 0.0181. The van der Waals surface area contributed by atoms with Gasteiger partial charge in [0.2, 0.25) is 5.88 Å². The van der Waals surface area contributed by atoms with Gasteiger partial charge in [0.25, 0.3) is 0 Å². The number of nitrogens with one attached hydrogen (secondary N) is 2. The van der Waals surface area contributed by atoms with Gasteiger partial charge in [-0.05, 0) is 34.6 Å². The molecular weight excluding hydrogens is 396 g/mol. The van der Waals surface area contributed by atoms with Gasteiger partial charge in [-0.2, -0.15) is 0 Å². The van der Waals surface area contributed by atoms with Crippen molar-refractivity contribution < 1.29 is 14.3 Å². The van der Waals surface area contributed by atoms with Gasteiger partial charge in [-0.1, -0.05) is 38.9 Å². The molecule has 1 aliphatic heterocycles. The van der Waals surface area contributed by atoms with Crippen molar-refractivity contribution in [2.75, 3.05) is 20.6 Å². The van der Waals surface area contributed by atoms with Crippen molar-refractivity contribution in [2.24, 2.45) is 0 Å². The van der Waals surface area contributed by atoms with Crippen molar-refractivity contribution in [2.45, 2.75) is 103 Å². The molecule has 0 bridgehead atoms. The molecule has 30 heavy (non-hydrogen) atoms. The second kappa shape index (κ2) is 11.3. The van der Waals surface area contributed by atoms with Crippen LogP contribution in [0.5, 0.6) is 0 Å². The fourth-order valence-electron chi connectivity index (χ4n) is 4.40. The lowest BCUT2D eigenvalue weighted by Crippen LogP contribution is -2.53. The Morgan fingerprint density at radius 2 is 1.83 bits per heavy atom. The van der Waals surface area contributed by atoms with Gasteiger partial charge in [0.15, 0.2) is 0 Å². The molecule has 7 nitrogen and oxygen atoms in total. The molecule has 1 fully saturated rings. The molecule has 1 saturated heterocycles. The summed E-state index contributed by atoms with van der Waals surface area (Å²) in [5, 5.41) is 0. The Bertz CT molecular complexity index is 567. The molecule has 0 spiro atoms. The van der Waals surface area contributed by atoms with E-state index in [1.54, 1.807) is 4.90 Å². The van der Waals surface area contributed by atoms with E-state index in [1.165, 1.54) is 18.1 Å². The Morgan fingerprint density at radius 1 is 1.27 bits per heavy atom. The Morgan fingerprint density at radius 3 is 2.30 bits per heavy atom. The van der Waals surface area contributed by atoms with E-state index in [-0.39, 0.29) is 18.2 Å². The summed E-state index contributed by atoms with van der Waals surface area (Å²) in [6, 6.07) is 3.85. The zero-order valence-corrected chi connectivity index (χ0v) is 22.0. The quantitative estimate of drug-likeness (QED) is 0.299. The highest BCUT2D eigenvalue weighted by molar-refractivity contribution is 6.81. The molecule has 1 aliphatic rings. The summed E-state index contributed by atoms with van der Waals surface area (Å²) in [7, 11) is 2.52. The van der Waals surface area contributed by atoms with Crippen molar-refractivity contribution >= 4 is 14.2 Å². The second-order valence-electron chi connectivity index (χ2n) is 9.54. The third-order valence-electron chi connectivity index (χ3n) is 6.72. The number of rotatable bonds is 10. The molecule has 0 radical (unpaired) electrons. The van der Waals surface area contributed by atoms with Crippen LogP contribution in [-0.4, -0.2) is 68.0 Å². The van der Waals surface area contributed by atoms with Gasteiger partial charge in [0.05, 0.1) is 20.8 Å². The average molecular weight is 443 g/mol. The molecule has 0 aromatic carbocycles. The summed E-state index contributed by atoms with van der Waals surface area (Å²) in [5.74, 6) is 0.812. The normalized spacial score (nSPS) is 21.4. The Labute approximate surface area is 185 Å². The maximum atomic E-state index is 12.6. The maximum Gasteiger partial charge on any atom is 0.410 e. The van der Waals surface area contributed by atoms with Gasteiger partial charge >= 0.3 is 6.09 Å². The molecule has 1 rings (SSSR count). The number of carbonyl (C=O) groups is 1. The zero-order chi connectivity index (χ0) is 23.1. The molecule has 0 saturated carbocycles. The lowest BCUT2D eigenvalue weighted by atomic mass is 10.2. The van der Waals surface area contributed by atoms with Crippen LogP contribution in [-0.2, 0) is 9.47 Å². The van der Waals surface area contributed by atoms with Gasteiger partial charge < -0.3 is 24.7 Å². The minimum absolute atomic E-state index is 0.0620. The van der Waals surface area contributed by atoms with Gasteiger partial charge in [0.1, 0.15) is 11.7 Å². The summed E-state index contributed by atoms with van der Waals surface area (Å²) >= 11 is 0. The first-order valence-corrected chi connectivity index (χ1v) is 14.2. The number of amides is 1. The van der Waals surface area contributed by atoms with E-state index in [1.807, 2.05) is 34.0 Å². The SMILES string of the molecule is CC[Si](CC)(CC)C(C)N(C)/C(=C\NNC)O[C@@H]1C[C@H](C)N(C(=O)OC(C)(C)C)C1. The van der Waals surface area contributed by atoms with E-state index in [9.17, 15) is 4.79 Å². The van der Waals surface area contributed by atoms with E-state index in [2.05, 4.69) is 57.4 Å². The first kappa shape index (κ1) is 26.6. The predicted molar refractivity (Wildman–Crippen MR) is 127 cm³/mol. The van der Waals surface area contributed by atoms with Gasteiger partial charge in [-0.15, -0.1) is 0 Å². The number of carbonyl (C=O) groups excluding carboxylic acids is 1. The largest absolute Gasteiger partial charge is 0.473 e. The molecule has 0 aromatic heterocycles. The molecule has 176 valence electrons. The molecule has 8 heteroatoms. The molecule has 1 heterocycles. The number of hydrazine groups is 1. The van der Waals surface area contributed by atoms with E-state index in [0.29, 0.717) is 12.2 Å². The van der Waals surface area contributed by atoms with E-state index in [4.69, 9.17) is 9.47 Å². The highest BCUT2D eigenvalue weighted by atomic mass is 28.3. The fraction of sp³-hybridized carbons (Fsp3) is 0.864. The van der Waals surface area contributed by atoms with Crippen LogP contribution in [0.4, 0.5) is 4.79 Å². The topological polar surface area (TPSA) is 66.1 Å². The number of ether oxygens (including phenoxy) is 2. The summed E-state index contributed by atoms with van der Waals surface area (Å²) < 4.78 is 12.0. The first-order valence-electron chi connectivity index (χ1n) is 11.5. The lowest BCUT2D eigenvalue weighted by Gasteiger charge is -2.42. The molecule has 1 unspecified atom stereocenters. The predicted octanol–water partition coefficient (Wildman–Crippen LogP) is 4.29. The number of hydrogen-bond donors (Lipinski definition) is 2. The Hall–Kier alpha value is -1.41. The monoisotopic (exact) mass is 442 g/mol. The summed E-state index contributed by atoms with van der Waals surface area (Å²) in [6.45, 7) is 17.6. The van der Waals surface area contributed by atoms with Crippen molar-refractivity contribution in [3.05, 3.63) is 12.1 Å². The highest BCUT2D eigenvalue weighted by Crippen LogP contribution is 2.30. The maximum absolute atomic E-state index is 12.6. The van der Waals surface area contributed by atoms with Crippen molar-refractivity contribution in [3.63, 3.8) is 0 Å². The molecular formula is C22H46N4O3Si.